The molecule has 1 spiro atoms. The molecule has 1 saturated heterocycles. The van der Waals surface area contributed by atoms with Gasteiger partial charge in [-0.3, -0.25) is 9.78 Å². The van der Waals surface area contributed by atoms with Crippen molar-refractivity contribution in [2.75, 3.05) is 39.8 Å². The number of para-hydroxylation sites is 1. The van der Waals surface area contributed by atoms with Gasteiger partial charge in [-0.25, -0.2) is 0 Å². The minimum absolute atomic E-state index is 0.0666. The van der Waals surface area contributed by atoms with Crippen LogP contribution < -0.4 is 4.74 Å². The van der Waals surface area contributed by atoms with E-state index in [4.69, 9.17) is 4.74 Å². The third-order valence-corrected chi connectivity index (χ3v) is 6.71. The fourth-order valence-electron chi connectivity index (χ4n) is 4.95. The summed E-state index contributed by atoms with van der Waals surface area (Å²) in [4.78, 5) is 21.4. The predicted molar refractivity (Wildman–Crippen MR) is 119 cm³/mol. The number of amides is 1. The van der Waals surface area contributed by atoms with Crippen LogP contribution in [0.3, 0.4) is 0 Å². The number of carbonyl (C=O) groups excluding carboxylic acids is 1. The molecule has 160 valence electrons. The van der Waals surface area contributed by atoms with Gasteiger partial charge >= 0.3 is 0 Å². The largest absolute Gasteiger partial charge is 0.492 e. The Morgan fingerprint density at radius 1 is 1.00 bits per heavy atom. The highest BCUT2D eigenvalue weighted by atomic mass is 16.5. The highest BCUT2D eigenvalue weighted by molar-refractivity contribution is 5.92. The molecule has 0 aliphatic carbocycles. The van der Waals surface area contributed by atoms with Crippen molar-refractivity contribution in [3.8, 4) is 5.75 Å². The Morgan fingerprint density at radius 2 is 1.80 bits per heavy atom. The summed E-state index contributed by atoms with van der Waals surface area (Å²) in [5, 5.41) is 0. The molecule has 30 heavy (non-hydrogen) atoms. The van der Waals surface area contributed by atoms with Crippen LogP contribution in [0.1, 0.15) is 48.2 Å². The lowest BCUT2D eigenvalue weighted by Gasteiger charge is -2.44. The first kappa shape index (κ1) is 20.9. The van der Waals surface area contributed by atoms with Crippen LogP contribution in [-0.4, -0.2) is 60.5 Å². The van der Waals surface area contributed by atoms with E-state index in [1.165, 1.54) is 24.8 Å². The van der Waals surface area contributed by atoms with E-state index in [9.17, 15) is 4.79 Å². The average Bonchev–Trinajstić information content (AvgIpc) is 2.77. The second-order valence-corrected chi connectivity index (χ2v) is 8.91. The molecule has 2 aromatic rings. The van der Waals surface area contributed by atoms with Crippen LogP contribution in [0.25, 0.3) is 0 Å². The molecule has 0 N–H and O–H groups in total. The molecule has 1 aromatic heterocycles. The van der Waals surface area contributed by atoms with Gasteiger partial charge in [-0.05, 0) is 68.3 Å². The molecule has 5 nitrogen and oxygen atoms in total. The summed E-state index contributed by atoms with van der Waals surface area (Å²) < 4.78 is 6.10. The minimum atomic E-state index is 0.0666. The third-order valence-electron chi connectivity index (χ3n) is 6.71. The fraction of sp³-hybridized carbons (Fsp3) is 0.520. The van der Waals surface area contributed by atoms with Gasteiger partial charge in [0.25, 0.3) is 5.91 Å². The summed E-state index contributed by atoms with van der Waals surface area (Å²) in [5.41, 5.74) is 2.17. The van der Waals surface area contributed by atoms with E-state index in [1.807, 2.05) is 23.1 Å². The maximum absolute atomic E-state index is 12.8. The number of rotatable bonds is 1. The van der Waals surface area contributed by atoms with Crippen LogP contribution in [0.5, 0.6) is 5.75 Å². The fourth-order valence-corrected chi connectivity index (χ4v) is 4.95. The monoisotopic (exact) mass is 407 g/mol. The molecule has 5 heteroatoms. The number of hydrogen-bond donors (Lipinski definition) is 0. The Hall–Kier alpha value is -2.40. The number of piperidine rings is 1. The molecule has 1 fully saturated rings. The second-order valence-electron chi connectivity index (χ2n) is 8.91. The Morgan fingerprint density at radius 3 is 2.60 bits per heavy atom. The van der Waals surface area contributed by atoms with Crippen LogP contribution in [-0.2, 0) is 6.42 Å². The molecular weight excluding hydrogens is 374 g/mol. The first-order valence-corrected chi connectivity index (χ1v) is 11.2. The molecule has 0 bridgehead atoms. The lowest BCUT2D eigenvalue weighted by atomic mass is 9.73. The van der Waals surface area contributed by atoms with E-state index in [0.29, 0.717) is 12.3 Å². The van der Waals surface area contributed by atoms with Gasteiger partial charge in [0.05, 0.1) is 0 Å². The minimum Gasteiger partial charge on any atom is -0.492 e. The quantitative estimate of drug-likeness (QED) is 0.716. The van der Waals surface area contributed by atoms with Gasteiger partial charge in [-0.1, -0.05) is 30.7 Å². The standard InChI is InChI=1S/C25H33N3O2/c1-27-18-19-30-23-11-3-2-8-21(23)9-4-6-12-25(20-27)13-16-28(17-14-25)24(29)22-10-5-7-15-26-22/h2-3,5,7-8,10-11,15H,4,6,9,12-14,16-20H2,1H3. The Balaban J connectivity index is 1.40. The van der Waals surface area contributed by atoms with Gasteiger partial charge in [0.15, 0.2) is 0 Å². The number of hydrogen-bond acceptors (Lipinski definition) is 4. The maximum Gasteiger partial charge on any atom is 0.272 e. The van der Waals surface area contributed by atoms with Crippen LogP contribution in [0, 0.1) is 5.41 Å². The zero-order valence-corrected chi connectivity index (χ0v) is 18.1. The van der Waals surface area contributed by atoms with E-state index >= 15 is 0 Å². The molecule has 2 aliphatic heterocycles. The molecule has 1 aromatic carbocycles. The van der Waals surface area contributed by atoms with Crippen LogP contribution in [0.15, 0.2) is 48.7 Å². The molecule has 0 radical (unpaired) electrons. The zero-order chi connectivity index (χ0) is 20.8. The van der Waals surface area contributed by atoms with Crippen molar-refractivity contribution in [1.29, 1.82) is 0 Å². The van der Waals surface area contributed by atoms with Crippen LogP contribution in [0.4, 0.5) is 0 Å². The molecule has 2 aliphatic rings. The highest BCUT2D eigenvalue weighted by Gasteiger charge is 2.36. The molecule has 0 saturated carbocycles. The number of likely N-dealkylation sites (tertiary alicyclic amines) is 1. The first-order chi connectivity index (χ1) is 14.7. The normalized spacial score (nSPS) is 20.5. The number of nitrogens with zero attached hydrogens (tertiary/aromatic N) is 3. The Bertz CT molecular complexity index is 831. The van der Waals surface area contributed by atoms with E-state index in [-0.39, 0.29) is 11.3 Å². The van der Waals surface area contributed by atoms with Gasteiger partial charge in [0.1, 0.15) is 18.1 Å². The molecule has 4 rings (SSSR count). The predicted octanol–water partition coefficient (Wildman–Crippen LogP) is 4.04. The average molecular weight is 408 g/mol. The van der Waals surface area contributed by atoms with E-state index in [0.717, 1.165) is 51.2 Å². The number of benzene rings is 1. The van der Waals surface area contributed by atoms with Gasteiger partial charge in [-0.2, -0.15) is 0 Å². The van der Waals surface area contributed by atoms with E-state index in [2.05, 4.69) is 41.2 Å². The van der Waals surface area contributed by atoms with Crippen molar-refractivity contribution in [2.45, 2.75) is 38.5 Å². The number of aromatic nitrogens is 1. The third kappa shape index (κ3) is 5.01. The molecule has 0 atom stereocenters. The van der Waals surface area contributed by atoms with Crippen molar-refractivity contribution < 1.29 is 9.53 Å². The summed E-state index contributed by atoms with van der Waals surface area (Å²) in [5.74, 6) is 1.11. The lowest BCUT2D eigenvalue weighted by molar-refractivity contribution is 0.0421. The second kappa shape index (κ2) is 9.61. The van der Waals surface area contributed by atoms with E-state index < -0.39 is 0 Å². The number of carbonyl (C=O) groups is 1. The summed E-state index contributed by atoms with van der Waals surface area (Å²) in [6.45, 7) is 4.36. The van der Waals surface area contributed by atoms with Crippen molar-refractivity contribution in [2.24, 2.45) is 5.41 Å². The first-order valence-electron chi connectivity index (χ1n) is 11.2. The van der Waals surface area contributed by atoms with Gasteiger partial charge in [0, 0.05) is 32.4 Å². The maximum atomic E-state index is 12.8. The molecular formula is C25H33N3O2. The topological polar surface area (TPSA) is 45.7 Å². The zero-order valence-electron chi connectivity index (χ0n) is 18.1. The molecule has 1 amide bonds. The van der Waals surface area contributed by atoms with Crippen LogP contribution in [0.2, 0.25) is 0 Å². The Kier molecular flexibility index (Phi) is 6.68. The van der Waals surface area contributed by atoms with Crippen molar-refractivity contribution in [3.05, 3.63) is 59.9 Å². The lowest BCUT2D eigenvalue weighted by Crippen LogP contribution is -2.48. The number of aryl methyl sites for hydroxylation is 1. The van der Waals surface area contributed by atoms with Gasteiger partial charge in [0.2, 0.25) is 0 Å². The molecule has 0 unspecified atom stereocenters. The van der Waals surface area contributed by atoms with Crippen molar-refractivity contribution >= 4 is 5.91 Å². The number of pyridine rings is 1. The summed E-state index contributed by atoms with van der Waals surface area (Å²) >= 11 is 0. The SMILES string of the molecule is CN1CCOc2ccccc2CCCCC2(CCN(C(=O)c3ccccn3)CC2)C1. The smallest absolute Gasteiger partial charge is 0.272 e. The number of likely N-dealkylation sites (N-methyl/N-ethyl adjacent to an activating group) is 1. The van der Waals surface area contributed by atoms with Crippen molar-refractivity contribution in [1.82, 2.24) is 14.8 Å². The summed E-state index contributed by atoms with van der Waals surface area (Å²) in [6.07, 6.45) is 8.53. The van der Waals surface area contributed by atoms with Gasteiger partial charge < -0.3 is 14.5 Å². The molecule has 3 heterocycles. The van der Waals surface area contributed by atoms with Crippen LogP contribution >= 0.6 is 0 Å². The highest BCUT2D eigenvalue weighted by Crippen LogP contribution is 2.38. The summed E-state index contributed by atoms with van der Waals surface area (Å²) in [7, 11) is 2.20. The van der Waals surface area contributed by atoms with Crippen molar-refractivity contribution in [3.63, 3.8) is 0 Å². The summed E-state index contributed by atoms with van der Waals surface area (Å²) in [6, 6.07) is 14.0. The van der Waals surface area contributed by atoms with Gasteiger partial charge in [-0.15, -0.1) is 0 Å². The Labute approximate surface area is 180 Å². The van der Waals surface area contributed by atoms with E-state index in [1.54, 1.807) is 6.20 Å². The number of ether oxygens (including phenoxy) is 1. The number of fused-ring (bicyclic) bond motifs is 1.